The second-order valence-corrected chi connectivity index (χ2v) is 10.9. The van der Waals surface area contributed by atoms with Gasteiger partial charge in [0.15, 0.2) is 0 Å². The van der Waals surface area contributed by atoms with Crippen molar-refractivity contribution >= 4 is 18.9 Å². The molecule has 1 aromatic heterocycles. The normalized spacial score (nSPS) is 17.4. The molecule has 1 aliphatic rings. The highest BCUT2D eigenvalue weighted by Crippen LogP contribution is 2.38. The zero-order chi connectivity index (χ0) is 27.6. The maximum Gasteiger partial charge on any atom is 0.481 e. The van der Waals surface area contributed by atoms with E-state index < -0.39 is 30.3 Å². The number of benzene rings is 1. The van der Waals surface area contributed by atoms with Crippen LogP contribution in [0.5, 0.6) is 0 Å². The van der Waals surface area contributed by atoms with Crippen molar-refractivity contribution in [2.24, 2.45) is 5.92 Å². The molecule has 1 saturated heterocycles. The maximum atomic E-state index is 13.5. The molecule has 37 heavy (non-hydrogen) atoms. The zero-order valence-corrected chi connectivity index (χ0v) is 23.6. The van der Waals surface area contributed by atoms with E-state index >= 15 is 0 Å². The summed E-state index contributed by atoms with van der Waals surface area (Å²) in [5.41, 5.74) is 0.0545. The van der Waals surface area contributed by atoms with Gasteiger partial charge in [0.05, 0.1) is 23.3 Å². The number of amides is 2. The molecule has 0 bridgehead atoms. The minimum absolute atomic E-state index is 0.151. The van der Waals surface area contributed by atoms with Gasteiger partial charge in [0.2, 0.25) is 5.91 Å². The predicted octanol–water partition coefficient (Wildman–Crippen LogP) is 4.40. The highest BCUT2D eigenvalue weighted by molar-refractivity contribution is 6.48. The Balaban J connectivity index is 0.00000153. The van der Waals surface area contributed by atoms with Crippen molar-refractivity contribution in [3.05, 3.63) is 60.2 Å². The van der Waals surface area contributed by atoms with Gasteiger partial charge in [-0.1, -0.05) is 64.4 Å². The molecule has 1 aliphatic heterocycles. The summed E-state index contributed by atoms with van der Waals surface area (Å²) in [6, 6.07) is 8.76. The van der Waals surface area contributed by atoms with Gasteiger partial charge in [0, 0.05) is 18.8 Å². The third-order valence-electron chi connectivity index (χ3n) is 6.35. The SMILES string of the molecule is CC(C)C[C@H](NC(=O)[C@H](Cc1ccccc1)NC(=O)c1cnccn1)B1OC(C)(C)C(C)(C)O1.CCC. The predicted molar refractivity (Wildman–Crippen MR) is 147 cm³/mol. The summed E-state index contributed by atoms with van der Waals surface area (Å²) in [4.78, 5) is 34.3. The first kappa shape index (κ1) is 30.4. The fourth-order valence-electron chi connectivity index (χ4n) is 3.79. The molecule has 0 spiro atoms. The van der Waals surface area contributed by atoms with Crippen LogP contribution >= 0.6 is 0 Å². The Bertz CT molecular complexity index is 970. The Labute approximate surface area is 222 Å². The Hall–Kier alpha value is -2.78. The molecule has 2 heterocycles. The van der Waals surface area contributed by atoms with Gasteiger partial charge >= 0.3 is 7.12 Å². The molecule has 202 valence electrons. The number of nitrogens with one attached hydrogen (secondary N) is 2. The first-order chi connectivity index (χ1) is 17.4. The van der Waals surface area contributed by atoms with Crippen molar-refractivity contribution in [3.8, 4) is 0 Å². The lowest BCUT2D eigenvalue weighted by atomic mass is 9.74. The first-order valence-corrected chi connectivity index (χ1v) is 13.2. The molecule has 2 aromatic rings. The summed E-state index contributed by atoms with van der Waals surface area (Å²) in [5, 5.41) is 5.93. The molecule has 1 aromatic carbocycles. The zero-order valence-electron chi connectivity index (χ0n) is 23.6. The molecule has 8 nitrogen and oxygen atoms in total. The molecule has 0 unspecified atom stereocenters. The first-order valence-electron chi connectivity index (χ1n) is 13.2. The van der Waals surface area contributed by atoms with Crippen LogP contribution < -0.4 is 10.6 Å². The lowest BCUT2D eigenvalue weighted by Gasteiger charge is -2.32. The number of hydrogen-bond acceptors (Lipinski definition) is 6. The van der Waals surface area contributed by atoms with Gasteiger partial charge in [0.25, 0.3) is 5.91 Å². The van der Waals surface area contributed by atoms with Crippen LogP contribution in [0.2, 0.25) is 0 Å². The maximum absolute atomic E-state index is 13.5. The molecule has 2 amide bonds. The third kappa shape index (κ3) is 8.93. The van der Waals surface area contributed by atoms with Crippen molar-refractivity contribution in [3.63, 3.8) is 0 Å². The molecule has 2 atom stereocenters. The van der Waals surface area contributed by atoms with Crippen molar-refractivity contribution in [2.75, 3.05) is 0 Å². The minimum Gasteiger partial charge on any atom is -0.402 e. The van der Waals surface area contributed by atoms with Gasteiger partial charge in [-0.2, -0.15) is 0 Å². The Morgan fingerprint density at radius 1 is 0.973 bits per heavy atom. The van der Waals surface area contributed by atoms with E-state index in [1.807, 2.05) is 58.0 Å². The van der Waals surface area contributed by atoms with Crippen LogP contribution in [-0.2, 0) is 20.5 Å². The summed E-state index contributed by atoms with van der Waals surface area (Å²) in [6.07, 6.45) is 6.55. The second kappa shape index (κ2) is 13.7. The van der Waals surface area contributed by atoms with E-state index in [2.05, 4.69) is 48.3 Å². The summed E-state index contributed by atoms with van der Waals surface area (Å²) in [5.74, 6) is -0.840. The molecule has 9 heteroatoms. The van der Waals surface area contributed by atoms with Crippen LogP contribution in [0.3, 0.4) is 0 Å². The Morgan fingerprint density at radius 2 is 1.57 bits per heavy atom. The number of carbonyl (C=O) groups excluding carboxylic acids is 2. The van der Waals surface area contributed by atoms with Gasteiger partial charge in [0.1, 0.15) is 11.7 Å². The van der Waals surface area contributed by atoms with E-state index in [1.165, 1.54) is 25.0 Å². The van der Waals surface area contributed by atoms with Crippen LogP contribution in [0.1, 0.15) is 84.3 Å². The standard InChI is InChI=1S/C25H35BN4O4.C3H8/c1-17(2)14-21(26-33-24(3,4)25(5,6)34-26)30-22(31)19(15-18-10-8-7-9-11-18)29-23(32)20-16-27-12-13-28-20;1-3-2/h7-13,16-17,19,21H,14-15H2,1-6H3,(H,29,32)(H,30,31);3H2,1-2H3/t19-,21-;/m0./s1. The van der Waals surface area contributed by atoms with Crippen molar-refractivity contribution in [2.45, 2.75) is 97.8 Å². The summed E-state index contributed by atoms with van der Waals surface area (Å²) in [7, 11) is -0.593. The van der Waals surface area contributed by atoms with Crippen molar-refractivity contribution in [1.29, 1.82) is 0 Å². The Kier molecular flexibility index (Phi) is 11.3. The summed E-state index contributed by atoms with van der Waals surface area (Å²) < 4.78 is 12.5. The number of carbonyl (C=O) groups is 2. The van der Waals surface area contributed by atoms with Gasteiger partial charge in [-0.15, -0.1) is 0 Å². The molecule has 0 radical (unpaired) electrons. The van der Waals surface area contributed by atoms with E-state index in [0.717, 1.165) is 5.56 Å². The smallest absolute Gasteiger partial charge is 0.402 e. The van der Waals surface area contributed by atoms with Gasteiger partial charge in [-0.05, 0) is 45.6 Å². The van der Waals surface area contributed by atoms with E-state index in [0.29, 0.717) is 18.8 Å². The monoisotopic (exact) mass is 510 g/mol. The largest absolute Gasteiger partial charge is 0.481 e. The van der Waals surface area contributed by atoms with Crippen LogP contribution in [0.15, 0.2) is 48.9 Å². The highest BCUT2D eigenvalue weighted by atomic mass is 16.7. The van der Waals surface area contributed by atoms with E-state index in [9.17, 15) is 9.59 Å². The minimum atomic E-state index is -0.811. The van der Waals surface area contributed by atoms with E-state index in [4.69, 9.17) is 9.31 Å². The molecular formula is C28H43BN4O4. The van der Waals surface area contributed by atoms with Crippen LogP contribution in [0.4, 0.5) is 0 Å². The summed E-state index contributed by atoms with van der Waals surface area (Å²) in [6.45, 7) is 16.4. The van der Waals surface area contributed by atoms with Gasteiger partial charge < -0.3 is 19.9 Å². The molecule has 2 N–H and O–H groups in total. The number of hydrogen-bond donors (Lipinski definition) is 2. The number of aromatic nitrogens is 2. The van der Waals surface area contributed by atoms with Crippen LogP contribution in [0.25, 0.3) is 0 Å². The fraction of sp³-hybridized carbons (Fsp3) is 0.571. The fourth-order valence-corrected chi connectivity index (χ4v) is 3.79. The molecule has 0 saturated carbocycles. The summed E-state index contributed by atoms with van der Waals surface area (Å²) >= 11 is 0. The van der Waals surface area contributed by atoms with E-state index in [1.54, 1.807) is 0 Å². The third-order valence-corrected chi connectivity index (χ3v) is 6.35. The molecular weight excluding hydrogens is 467 g/mol. The van der Waals surface area contributed by atoms with Gasteiger partial charge in [-0.3, -0.25) is 14.6 Å². The lowest BCUT2D eigenvalue weighted by molar-refractivity contribution is -0.123. The van der Waals surface area contributed by atoms with E-state index in [-0.39, 0.29) is 17.5 Å². The van der Waals surface area contributed by atoms with Crippen molar-refractivity contribution < 1.29 is 18.9 Å². The lowest BCUT2D eigenvalue weighted by Crippen LogP contribution is -2.55. The average Bonchev–Trinajstić information content (AvgIpc) is 3.06. The Morgan fingerprint density at radius 3 is 2.08 bits per heavy atom. The molecule has 0 aliphatic carbocycles. The molecule has 3 rings (SSSR count). The average molecular weight is 510 g/mol. The van der Waals surface area contributed by atoms with Crippen LogP contribution in [-0.4, -0.2) is 52.1 Å². The van der Waals surface area contributed by atoms with Gasteiger partial charge in [-0.25, -0.2) is 4.98 Å². The number of nitrogens with zero attached hydrogens (tertiary/aromatic N) is 2. The molecule has 1 fully saturated rings. The second-order valence-electron chi connectivity index (χ2n) is 10.9. The van der Waals surface area contributed by atoms with Crippen molar-refractivity contribution in [1.82, 2.24) is 20.6 Å². The number of rotatable bonds is 9. The van der Waals surface area contributed by atoms with Crippen LogP contribution in [0, 0.1) is 5.92 Å². The quantitative estimate of drug-likeness (QED) is 0.485. The topological polar surface area (TPSA) is 102 Å². The highest BCUT2D eigenvalue weighted by Gasteiger charge is 2.54.